The van der Waals surface area contributed by atoms with Crippen LogP contribution in [0.2, 0.25) is 0 Å². The number of rotatable bonds is 10. The Morgan fingerprint density at radius 2 is 2.10 bits per heavy atom. The molecule has 0 radical (unpaired) electrons. The molecule has 0 aliphatic heterocycles. The average molecular weight is 308 g/mol. The first kappa shape index (κ1) is 18.1. The Morgan fingerprint density at radius 3 is 2.71 bits per heavy atom. The number of carbonyl (C=O) groups is 1. The van der Waals surface area contributed by atoms with Crippen LogP contribution >= 0.6 is 11.8 Å². The van der Waals surface area contributed by atoms with E-state index in [1.807, 2.05) is 18.7 Å². The van der Waals surface area contributed by atoms with Gasteiger partial charge in [0, 0.05) is 5.75 Å². The number of carbonyl (C=O) groups excluding carboxylic acids is 1. The molecule has 118 valence electrons. The SMILES string of the molecule is CCCNC(C)(CCCSCc1ccccc1C)C(N)=O. The number of primary amides is 1. The molecule has 1 unspecified atom stereocenters. The third kappa shape index (κ3) is 6.10. The molecule has 3 nitrogen and oxygen atoms in total. The fourth-order valence-corrected chi connectivity index (χ4v) is 3.22. The van der Waals surface area contributed by atoms with Crippen LogP contribution in [-0.4, -0.2) is 23.7 Å². The molecule has 1 atom stereocenters. The molecule has 0 aliphatic carbocycles. The molecule has 1 aromatic carbocycles. The van der Waals surface area contributed by atoms with E-state index in [4.69, 9.17) is 5.73 Å². The maximum absolute atomic E-state index is 11.6. The number of nitrogens with one attached hydrogen (secondary N) is 1. The monoisotopic (exact) mass is 308 g/mol. The zero-order valence-electron chi connectivity index (χ0n) is 13.4. The lowest BCUT2D eigenvalue weighted by atomic mass is 9.95. The van der Waals surface area contributed by atoms with Crippen LogP contribution in [0.5, 0.6) is 0 Å². The minimum Gasteiger partial charge on any atom is -0.368 e. The summed E-state index contributed by atoms with van der Waals surface area (Å²) in [6.45, 7) is 6.98. The average Bonchev–Trinajstić information content (AvgIpc) is 2.46. The van der Waals surface area contributed by atoms with Crippen LogP contribution in [0.25, 0.3) is 0 Å². The lowest BCUT2D eigenvalue weighted by molar-refractivity contribution is -0.124. The van der Waals surface area contributed by atoms with Gasteiger partial charge in [-0.25, -0.2) is 0 Å². The van der Waals surface area contributed by atoms with Crippen molar-refractivity contribution in [1.29, 1.82) is 0 Å². The van der Waals surface area contributed by atoms with Crippen LogP contribution in [0.3, 0.4) is 0 Å². The predicted molar refractivity (Wildman–Crippen MR) is 92.5 cm³/mol. The Morgan fingerprint density at radius 1 is 1.38 bits per heavy atom. The van der Waals surface area contributed by atoms with Crippen molar-refractivity contribution in [3.8, 4) is 0 Å². The highest BCUT2D eigenvalue weighted by atomic mass is 32.2. The number of hydrogen-bond acceptors (Lipinski definition) is 3. The minimum absolute atomic E-state index is 0.250. The van der Waals surface area contributed by atoms with Crippen LogP contribution < -0.4 is 11.1 Å². The summed E-state index contributed by atoms with van der Waals surface area (Å²) < 4.78 is 0. The molecule has 21 heavy (non-hydrogen) atoms. The molecule has 1 rings (SSSR count). The van der Waals surface area contributed by atoms with Gasteiger partial charge >= 0.3 is 0 Å². The summed E-state index contributed by atoms with van der Waals surface area (Å²) in [5.41, 5.74) is 7.70. The van der Waals surface area contributed by atoms with Crippen molar-refractivity contribution < 1.29 is 4.79 Å². The lowest BCUT2D eigenvalue weighted by Gasteiger charge is -2.27. The first-order valence-electron chi connectivity index (χ1n) is 7.67. The maximum Gasteiger partial charge on any atom is 0.237 e. The normalized spacial score (nSPS) is 13.9. The Hall–Kier alpha value is -1.00. The number of amides is 1. The van der Waals surface area contributed by atoms with Crippen LogP contribution in [0.4, 0.5) is 0 Å². The van der Waals surface area contributed by atoms with Crippen molar-refractivity contribution in [2.75, 3.05) is 12.3 Å². The van der Waals surface area contributed by atoms with Crippen molar-refractivity contribution in [2.45, 2.75) is 51.3 Å². The minimum atomic E-state index is -0.570. The topological polar surface area (TPSA) is 55.1 Å². The first-order valence-corrected chi connectivity index (χ1v) is 8.82. The highest BCUT2D eigenvalue weighted by Gasteiger charge is 2.29. The van der Waals surface area contributed by atoms with Gasteiger partial charge in [0.15, 0.2) is 0 Å². The molecule has 1 amide bonds. The predicted octanol–water partition coefficient (Wildman–Crippen LogP) is 3.25. The van der Waals surface area contributed by atoms with Gasteiger partial charge in [-0.2, -0.15) is 11.8 Å². The van der Waals surface area contributed by atoms with E-state index in [1.54, 1.807) is 0 Å². The summed E-state index contributed by atoms with van der Waals surface area (Å²) >= 11 is 1.92. The zero-order valence-corrected chi connectivity index (χ0v) is 14.3. The van der Waals surface area contributed by atoms with E-state index in [1.165, 1.54) is 11.1 Å². The molecule has 4 heteroatoms. The summed E-state index contributed by atoms with van der Waals surface area (Å²) in [7, 11) is 0. The summed E-state index contributed by atoms with van der Waals surface area (Å²) in [6, 6.07) is 8.48. The number of benzene rings is 1. The van der Waals surface area contributed by atoms with Gasteiger partial charge in [0.1, 0.15) is 0 Å². The van der Waals surface area contributed by atoms with Gasteiger partial charge in [0.05, 0.1) is 5.54 Å². The van der Waals surface area contributed by atoms with Gasteiger partial charge in [-0.05, 0) is 56.5 Å². The van der Waals surface area contributed by atoms with Crippen LogP contribution in [0, 0.1) is 6.92 Å². The second-order valence-corrected chi connectivity index (χ2v) is 6.81. The van der Waals surface area contributed by atoms with Gasteiger partial charge in [0.25, 0.3) is 0 Å². The van der Waals surface area contributed by atoms with E-state index < -0.39 is 5.54 Å². The van der Waals surface area contributed by atoms with Gasteiger partial charge in [-0.1, -0.05) is 31.2 Å². The van der Waals surface area contributed by atoms with E-state index >= 15 is 0 Å². The molecule has 0 aromatic heterocycles. The molecule has 0 spiro atoms. The van der Waals surface area contributed by atoms with E-state index in [-0.39, 0.29) is 5.91 Å². The summed E-state index contributed by atoms with van der Waals surface area (Å²) in [5, 5.41) is 3.28. The van der Waals surface area contributed by atoms with Crippen molar-refractivity contribution in [3.05, 3.63) is 35.4 Å². The molecule has 0 fully saturated rings. The summed E-state index contributed by atoms with van der Waals surface area (Å²) in [4.78, 5) is 11.6. The first-order chi connectivity index (χ1) is 9.99. The van der Waals surface area contributed by atoms with Gasteiger partial charge in [-0.15, -0.1) is 0 Å². The summed E-state index contributed by atoms with van der Waals surface area (Å²) in [6.07, 6.45) is 2.79. The molecule has 0 saturated heterocycles. The smallest absolute Gasteiger partial charge is 0.237 e. The highest BCUT2D eigenvalue weighted by Crippen LogP contribution is 2.19. The third-order valence-corrected chi connectivity index (χ3v) is 4.89. The van der Waals surface area contributed by atoms with Gasteiger partial charge in [0.2, 0.25) is 5.91 Å². The van der Waals surface area contributed by atoms with E-state index in [0.717, 1.165) is 37.3 Å². The summed E-state index contributed by atoms with van der Waals surface area (Å²) in [5.74, 6) is 1.83. The molecular weight excluding hydrogens is 280 g/mol. The number of nitrogens with two attached hydrogens (primary N) is 1. The molecule has 0 saturated carbocycles. The number of aryl methyl sites for hydroxylation is 1. The quantitative estimate of drug-likeness (QED) is 0.652. The number of thioether (sulfide) groups is 1. The Kier molecular flexibility index (Phi) is 7.83. The molecule has 0 bridgehead atoms. The zero-order chi connectivity index (χ0) is 15.7. The van der Waals surface area contributed by atoms with E-state index in [0.29, 0.717) is 0 Å². The highest BCUT2D eigenvalue weighted by molar-refractivity contribution is 7.98. The molecule has 0 aliphatic rings. The maximum atomic E-state index is 11.6. The van der Waals surface area contributed by atoms with Crippen molar-refractivity contribution in [2.24, 2.45) is 5.73 Å². The molecular formula is C17H28N2OS. The van der Waals surface area contributed by atoms with Crippen LogP contribution in [0.1, 0.15) is 44.2 Å². The van der Waals surface area contributed by atoms with Gasteiger partial charge < -0.3 is 11.1 Å². The largest absolute Gasteiger partial charge is 0.368 e. The Labute approximate surface area is 133 Å². The van der Waals surface area contributed by atoms with Crippen LogP contribution in [0.15, 0.2) is 24.3 Å². The van der Waals surface area contributed by atoms with E-state index in [9.17, 15) is 4.79 Å². The van der Waals surface area contributed by atoms with Crippen molar-refractivity contribution in [1.82, 2.24) is 5.32 Å². The third-order valence-electron chi connectivity index (χ3n) is 3.79. The second kappa shape index (κ2) is 9.11. The fraction of sp³-hybridized carbons (Fsp3) is 0.588. The van der Waals surface area contributed by atoms with Crippen molar-refractivity contribution >= 4 is 17.7 Å². The van der Waals surface area contributed by atoms with Gasteiger partial charge in [-0.3, -0.25) is 4.79 Å². The molecule has 3 N–H and O–H groups in total. The van der Waals surface area contributed by atoms with Crippen LogP contribution in [-0.2, 0) is 10.5 Å². The lowest BCUT2D eigenvalue weighted by Crippen LogP contribution is -2.53. The van der Waals surface area contributed by atoms with Crippen molar-refractivity contribution in [3.63, 3.8) is 0 Å². The molecule has 1 aromatic rings. The Bertz CT molecular complexity index is 450. The fourth-order valence-electron chi connectivity index (χ4n) is 2.18. The standard InChI is InChI=1S/C17H28N2OS/c1-4-11-19-17(3,16(18)20)10-7-12-21-13-15-9-6-5-8-14(15)2/h5-6,8-9,19H,4,7,10-13H2,1-3H3,(H2,18,20). The number of hydrogen-bond donors (Lipinski definition) is 2. The van der Waals surface area contributed by atoms with E-state index in [2.05, 4.69) is 43.4 Å². The Balaban J connectivity index is 2.32. The second-order valence-electron chi connectivity index (χ2n) is 5.71. The molecule has 0 heterocycles.